The molecule has 0 radical (unpaired) electrons. The molecule has 1 rings (SSSR count). The molecule has 1 aromatic carbocycles. The molecule has 0 saturated carbocycles. The predicted molar refractivity (Wildman–Crippen MR) is 63.8 cm³/mol. The Balaban J connectivity index is 2.47. The van der Waals surface area contributed by atoms with Crippen molar-refractivity contribution in [2.24, 2.45) is 0 Å². The summed E-state index contributed by atoms with van der Waals surface area (Å²) in [6.07, 6.45) is 5.65. The molecule has 0 spiro atoms. The molecule has 0 heterocycles. The van der Waals surface area contributed by atoms with Crippen LogP contribution in [0.1, 0.15) is 20.7 Å². The standard InChI is InChI=1S/C13H13NO3/c1-2-8-17-9-7-14-13(16)12-6-4-3-5-11(12)10-15/h1,3-6,10H,7-9H2,(H,14,16). The summed E-state index contributed by atoms with van der Waals surface area (Å²) in [5.74, 6) is 2.03. The largest absolute Gasteiger partial charge is 0.367 e. The lowest BCUT2D eigenvalue weighted by Gasteiger charge is -2.06. The Hall–Kier alpha value is -2.12. The Morgan fingerprint density at radius 2 is 2.24 bits per heavy atom. The van der Waals surface area contributed by atoms with Gasteiger partial charge in [-0.3, -0.25) is 9.59 Å². The molecule has 88 valence electrons. The van der Waals surface area contributed by atoms with Crippen molar-refractivity contribution in [1.29, 1.82) is 0 Å². The van der Waals surface area contributed by atoms with Gasteiger partial charge in [0.1, 0.15) is 6.61 Å². The Morgan fingerprint density at radius 3 is 2.94 bits per heavy atom. The summed E-state index contributed by atoms with van der Waals surface area (Å²) in [6, 6.07) is 6.60. The predicted octanol–water partition coefficient (Wildman–Crippen LogP) is 0.879. The minimum absolute atomic E-state index is 0.223. The number of carbonyl (C=O) groups is 2. The number of nitrogens with one attached hydrogen (secondary N) is 1. The molecule has 0 saturated heterocycles. The Labute approximate surface area is 100.0 Å². The summed E-state index contributed by atoms with van der Waals surface area (Å²) in [7, 11) is 0. The monoisotopic (exact) mass is 231 g/mol. The van der Waals surface area contributed by atoms with Crippen molar-refractivity contribution >= 4 is 12.2 Å². The minimum Gasteiger partial charge on any atom is -0.367 e. The number of rotatable bonds is 6. The average Bonchev–Trinajstić information content (AvgIpc) is 2.38. The number of carbonyl (C=O) groups excluding carboxylic acids is 2. The summed E-state index contributed by atoms with van der Waals surface area (Å²) in [4.78, 5) is 22.4. The lowest BCUT2D eigenvalue weighted by Crippen LogP contribution is -2.28. The van der Waals surface area contributed by atoms with E-state index in [-0.39, 0.29) is 12.5 Å². The molecule has 0 fully saturated rings. The van der Waals surface area contributed by atoms with Gasteiger partial charge in [-0.05, 0) is 6.07 Å². The summed E-state index contributed by atoms with van der Waals surface area (Å²) in [6.45, 7) is 0.924. The maximum absolute atomic E-state index is 11.7. The van der Waals surface area contributed by atoms with Crippen molar-refractivity contribution < 1.29 is 14.3 Å². The summed E-state index contributed by atoms with van der Waals surface area (Å²) in [5, 5.41) is 2.64. The molecule has 4 nitrogen and oxygen atoms in total. The van der Waals surface area contributed by atoms with E-state index in [9.17, 15) is 9.59 Å². The number of ether oxygens (including phenoxy) is 1. The fourth-order valence-electron chi connectivity index (χ4n) is 1.27. The second kappa shape index (κ2) is 7.20. The third kappa shape index (κ3) is 4.09. The SMILES string of the molecule is C#CCOCCNC(=O)c1ccccc1C=O. The van der Waals surface area contributed by atoms with E-state index in [0.29, 0.717) is 30.6 Å². The van der Waals surface area contributed by atoms with Gasteiger partial charge in [0.05, 0.1) is 6.61 Å². The van der Waals surface area contributed by atoms with Crippen molar-refractivity contribution in [3.05, 3.63) is 35.4 Å². The number of hydrogen-bond acceptors (Lipinski definition) is 3. The van der Waals surface area contributed by atoms with Gasteiger partial charge in [-0.15, -0.1) is 6.42 Å². The summed E-state index contributed by atoms with van der Waals surface area (Å²) >= 11 is 0. The third-order valence-corrected chi connectivity index (χ3v) is 2.05. The number of aldehydes is 1. The van der Waals surface area contributed by atoms with E-state index in [0.717, 1.165) is 0 Å². The summed E-state index contributed by atoms with van der Waals surface area (Å²) < 4.78 is 5.01. The van der Waals surface area contributed by atoms with E-state index >= 15 is 0 Å². The molecule has 0 aliphatic carbocycles. The first-order valence-electron chi connectivity index (χ1n) is 5.13. The van der Waals surface area contributed by atoms with Crippen molar-refractivity contribution in [3.8, 4) is 12.3 Å². The molecule has 1 aromatic rings. The first-order chi connectivity index (χ1) is 8.29. The second-order valence-electron chi connectivity index (χ2n) is 3.22. The molecular formula is C13H13NO3. The number of amides is 1. The molecule has 0 bridgehead atoms. The molecule has 1 N–H and O–H groups in total. The van der Waals surface area contributed by atoms with Crippen molar-refractivity contribution in [2.45, 2.75) is 0 Å². The van der Waals surface area contributed by atoms with E-state index < -0.39 is 0 Å². The van der Waals surface area contributed by atoms with Gasteiger partial charge in [0.2, 0.25) is 0 Å². The van der Waals surface area contributed by atoms with Gasteiger partial charge in [0.15, 0.2) is 6.29 Å². The number of terminal acetylenes is 1. The van der Waals surface area contributed by atoms with Crippen LogP contribution in [0.4, 0.5) is 0 Å². The van der Waals surface area contributed by atoms with E-state index in [1.165, 1.54) is 0 Å². The zero-order chi connectivity index (χ0) is 12.5. The van der Waals surface area contributed by atoms with Gasteiger partial charge >= 0.3 is 0 Å². The van der Waals surface area contributed by atoms with Gasteiger partial charge in [0.25, 0.3) is 5.91 Å². The fraction of sp³-hybridized carbons (Fsp3) is 0.231. The normalized spacial score (nSPS) is 9.35. The molecule has 4 heteroatoms. The van der Waals surface area contributed by atoms with Gasteiger partial charge < -0.3 is 10.1 Å². The second-order valence-corrected chi connectivity index (χ2v) is 3.22. The van der Waals surface area contributed by atoms with Crippen molar-refractivity contribution in [1.82, 2.24) is 5.32 Å². The molecule has 0 aliphatic heterocycles. The Morgan fingerprint density at radius 1 is 1.47 bits per heavy atom. The maximum Gasteiger partial charge on any atom is 0.252 e. The highest BCUT2D eigenvalue weighted by molar-refractivity contribution is 6.01. The van der Waals surface area contributed by atoms with Crippen LogP contribution in [0.2, 0.25) is 0 Å². The van der Waals surface area contributed by atoms with Crippen molar-refractivity contribution in [3.63, 3.8) is 0 Å². The molecule has 1 amide bonds. The first kappa shape index (κ1) is 12.9. The lowest BCUT2D eigenvalue weighted by molar-refractivity contribution is 0.0925. The average molecular weight is 231 g/mol. The highest BCUT2D eigenvalue weighted by atomic mass is 16.5. The van der Waals surface area contributed by atoms with Crippen LogP contribution in [0, 0.1) is 12.3 Å². The zero-order valence-corrected chi connectivity index (χ0v) is 9.31. The van der Waals surface area contributed by atoms with Crippen LogP contribution >= 0.6 is 0 Å². The maximum atomic E-state index is 11.7. The number of hydrogen-bond donors (Lipinski definition) is 1. The molecule has 17 heavy (non-hydrogen) atoms. The van der Waals surface area contributed by atoms with Gasteiger partial charge in [-0.1, -0.05) is 24.1 Å². The van der Waals surface area contributed by atoms with Crippen LogP contribution in [0.5, 0.6) is 0 Å². The van der Waals surface area contributed by atoms with Crippen LogP contribution < -0.4 is 5.32 Å². The highest BCUT2D eigenvalue weighted by Crippen LogP contribution is 2.05. The highest BCUT2D eigenvalue weighted by Gasteiger charge is 2.08. The van der Waals surface area contributed by atoms with Gasteiger partial charge in [-0.25, -0.2) is 0 Å². The van der Waals surface area contributed by atoms with Gasteiger partial charge in [0, 0.05) is 17.7 Å². The van der Waals surface area contributed by atoms with Crippen LogP contribution in [-0.4, -0.2) is 32.0 Å². The van der Waals surface area contributed by atoms with Crippen molar-refractivity contribution in [2.75, 3.05) is 19.8 Å². The first-order valence-corrected chi connectivity index (χ1v) is 5.13. The number of benzene rings is 1. The minimum atomic E-state index is -0.294. The molecule has 0 aromatic heterocycles. The van der Waals surface area contributed by atoms with Crippen LogP contribution in [-0.2, 0) is 4.74 Å². The zero-order valence-electron chi connectivity index (χ0n) is 9.31. The van der Waals surface area contributed by atoms with Crippen LogP contribution in [0.25, 0.3) is 0 Å². The Kier molecular flexibility index (Phi) is 5.49. The van der Waals surface area contributed by atoms with E-state index in [1.807, 2.05) is 0 Å². The van der Waals surface area contributed by atoms with Crippen LogP contribution in [0.3, 0.4) is 0 Å². The topological polar surface area (TPSA) is 55.4 Å². The van der Waals surface area contributed by atoms with E-state index in [4.69, 9.17) is 11.2 Å². The smallest absolute Gasteiger partial charge is 0.252 e. The van der Waals surface area contributed by atoms with Crippen LogP contribution in [0.15, 0.2) is 24.3 Å². The van der Waals surface area contributed by atoms with Gasteiger partial charge in [-0.2, -0.15) is 0 Å². The fourth-order valence-corrected chi connectivity index (χ4v) is 1.27. The third-order valence-electron chi connectivity index (χ3n) is 2.05. The van der Waals surface area contributed by atoms with E-state index in [2.05, 4.69) is 11.2 Å². The summed E-state index contributed by atoms with van der Waals surface area (Å²) in [5.41, 5.74) is 0.731. The molecule has 0 aliphatic rings. The lowest BCUT2D eigenvalue weighted by atomic mass is 10.1. The Bertz CT molecular complexity index is 435. The molecule has 0 unspecified atom stereocenters. The molecular weight excluding hydrogens is 218 g/mol. The van der Waals surface area contributed by atoms with E-state index in [1.54, 1.807) is 24.3 Å². The molecule has 0 atom stereocenters. The quantitative estimate of drug-likeness (QED) is 0.449.